The van der Waals surface area contributed by atoms with E-state index in [9.17, 15) is 0 Å². The second kappa shape index (κ2) is 7.86. The lowest BCUT2D eigenvalue weighted by atomic mass is 9.98. The molecule has 0 aliphatic heterocycles. The Bertz CT molecular complexity index is 487. The number of rotatable bonds is 7. The van der Waals surface area contributed by atoms with Gasteiger partial charge in [-0.25, -0.2) is 0 Å². The molecule has 1 unspecified atom stereocenters. The summed E-state index contributed by atoms with van der Waals surface area (Å²) in [6.07, 6.45) is 5.73. The number of benzene rings is 2. The van der Waals surface area contributed by atoms with Crippen LogP contribution in [0, 0.1) is 0 Å². The molecule has 2 aromatic carbocycles. The molecule has 0 saturated carbocycles. The number of nitrogens with two attached hydrogens (primary N) is 1. The minimum absolute atomic E-state index is 0.135. The molecular formula is C19H25N. The number of hydrogen-bond acceptors (Lipinski definition) is 1. The standard InChI is InChI=1S/C19H25N/c1-2-3-7-17-10-13-18(14-11-17)19(20)15-12-16-8-5-4-6-9-16/h4-6,8-11,13-14,19H,2-3,7,12,15,20H2,1H3. The molecular weight excluding hydrogens is 242 g/mol. The lowest BCUT2D eigenvalue weighted by Gasteiger charge is -2.13. The first-order chi connectivity index (χ1) is 9.79. The Labute approximate surface area is 122 Å². The minimum Gasteiger partial charge on any atom is -0.324 e. The van der Waals surface area contributed by atoms with Crippen LogP contribution in [0.4, 0.5) is 0 Å². The molecule has 1 atom stereocenters. The maximum absolute atomic E-state index is 6.29. The summed E-state index contributed by atoms with van der Waals surface area (Å²) in [5.41, 5.74) is 10.3. The third-order valence-corrected chi connectivity index (χ3v) is 3.81. The molecule has 2 N–H and O–H groups in total. The van der Waals surface area contributed by atoms with Gasteiger partial charge in [0.25, 0.3) is 0 Å². The first kappa shape index (κ1) is 14.8. The second-order valence-electron chi connectivity index (χ2n) is 5.48. The van der Waals surface area contributed by atoms with Gasteiger partial charge < -0.3 is 5.73 Å². The van der Waals surface area contributed by atoms with Crippen LogP contribution in [0.3, 0.4) is 0 Å². The summed E-state index contributed by atoms with van der Waals surface area (Å²) in [5.74, 6) is 0. The van der Waals surface area contributed by atoms with Crippen molar-refractivity contribution >= 4 is 0 Å². The molecule has 0 saturated heterocycles. The normalized spacial score (nSPS) is 12.3. The highest BCUT2D eigenvalue weighted by Crippen LogP contribution is 2.18. The monoisotopic (exact) mass is 267 g/mol. The lowest BCUT2D eigenvalue weighted by Crippen LogP contribution is -2.11. The van der Waals surface area contributed by atoms with E-state index in [1.807, 2.05) is 0 Å². The smallest absolute Gasteiger partial charge is 0.0298 e. The molecule has 1 heteroatoms. The molecule has 0 bridgehead atoms. The van der Waals surface area contributed by atoms with Crippen molar-refractivity contribution in [2.24, 2.45) is 5.73 Å². The highest BCUT2D eigenvalue weighted by molar-refractivity contribution is 5.25. The zero-order valence-corrected chi connectivity index (χ0v) is 12.4. The SMILES string of the molecule is CCCCc1ccc(C(N)CCc2ccccc2)cc1. The van der Waals surface area contributed by atoms with Gasteiger partial charge in [-0.2, -0.15) is 0 Å². The van der Waals surface area contributed by atoms with Gasteiger partial charge in [0.2, 0.25) is 0 Å². The Morgan fingerprint density at radius 2 is 1.50 bits per heavy atom. The number of hydrogen-bond donors (Lipinski definition) is 1. The Hall–Kier alpha value is -1.60. The summed E-state index contributed by atoms with van der Waals surface area (Å²) in [6.45, 7) is 2.23. The van der Waals surface area contributed by atoms with Crippen LogP contribution >= 0.6 is 0 Å². The molecule has 2 rings (SSSR count). The Balaban J connectivity index is 1.87. The van der Waals surface area contributed by atoms with Gasteiger partial charge in [0.05, 0.1) is 0 Å². The number of unbranched alkanes of at least 4 members (excludes halogenated alkanes) is 1. The third kappa shape index (κ3) is 4.50. The fourth-order valence-electron chi connectivity index (χ4n) is 2.45. The topological polar surface area (TPSA) is 26.0 Å². The van der Waals surface area contributed by atoms with Crippen LogP contribution in [0.1, 0.15) is 48.9 Å². The van der Waals surface area contributed by atoms with Crippen LogP contribution < -0.4 is 5.73 Å². The molecule has 20 heavy (non-hydrogen) atoms. The second-order valence-corrected chi connectivity index (χ2v) is 5.48. The molecule has 106 valence electrons. The molecule has 0 aromatic heterocycles. The first-order valence-electron chi connectivity index (χ1n) is 7.68. The summed E-state index contributed by atoms with van der Waals surface area (Å²) < 4.78 is 0. The van der Waals surface area contributed by atoms with E-state index in [1.54, 1.807) is 0 Å². The quantitative estimate of drug-likeness (QED) is 0.775. The molecule has 0 radical (unpaired) electrons. The van der Waals surface area contributed by atoms with Crippen LogP contribution in [0.15, 0.2) is 54.6 Å². The fraction of sp³-hybridized carbons (Fsp3) is 0.368. The molecule has 0 heterocycles. The van der Waals surface area contributed by atoms with E-state index in [1.165, 1.54) is 36.0 Å². The summed E-state index contributed by atoms with van der Waals surface area (Å²) in [7, 11) is 0. The van der Waals surface area contributed by atoms with E-state index in [-0.39, 0.29) is 6.04 Å². The lowest BCUT2D eigenvalue weighted by molar-refractivity contribution is 0.651. The predicted molar refractivity (Wildman–Crippen MR) is 86.7 cm³/mol. The third-order valence-electron chi connectivity index (χ3n) is 3.81. The average Bonchev–Trinajstić information content (AvgIpc) is 2.52. The predicted octanol–water partition coefficient (Wildman–Crippen LogP) is 4.66. The summed E-state index contributed by atoms with van der Waals surface area (Å²) >= 11 is 0. The van der Waals surface area contributed by atoms with Crippen molar-refractivity contribution in [3.05, 3.63) is 71.3 Å². The molecule has 0 fully saturated rings. The van der Waals surface area contributed by atoms with Gasteiger partial charge >= 0.3 is 0 Å². The Kier molecular flexibility index (Phi) is 5.82. The molecule has 0 amide bonds. The summed E-state index contributed by atoms with van der Waals surface area (Å²) in [5, 5.41) is 0. The van der Waals surface area contributed by atoms with Gasteiger partial charge in [-0.05, 0) is 42.4 Å². The maximum Gasteiger partial charge on any atom is 0.0298 e. The highest BCUT2D eigenvalue weighted by atomic mass is 14.6. The Morgan fingerprint density at radius 1 is 0.850 bits per heavy atom. The van der Waals surface area contributed by atoms with Crippen molar-refractivity contribution in [3.63, 3.8) is 0 Å². The van der Waals surface area contributed by atoms with E-state index < -0.39 is 0 Å². The zero-order chi connectivity index (χ0) is 14.2. The maximum atomic E-state index is 6.29. The van der Waals surface area contributed by atoms with Gasteiger partial charge in [0.1, 0.15) is 0 Å². The van der Waals surface area contributed by atoms with Crippen LogP contribution in [-0.4, -0.2) is 0 Å². The average molecular weight is 267 g/mol. The largest absolute Gasteiger partial charge is 0.324 e. The van der Waals surface area contributed by atoms with Crippen LogP contribution in [0.2, 0.25) is 0 Å². The number of aryl methyl sites for hydroxylation is 2. The fourth-order valence-corrected chi connectivity index (χ4v) is 2.45. The van der Waals surface area contributed by atoms with Crippen molar-refractivity contribution < 1.29 is 0 Å². The van der Waals surface area contributed by atoms with Gasteiger partial charge in [0, 0.05) is 6.04 Å². The van der Waals surface area contributed by atoms with Crippen molar-refractivity contribution in [1.82, 2.24) is 0 Å². The summed E-state index contributed by atoms with van der Waals surface area (Å²) in [4.78, 5) is 0. The van der Waals surface area contributed by atoms with Crippen molar-refractivity contribution in [1.29, 1.82) is 0 Å². The van der Waals surface area contributed by atoms with Crippen molar-refractivity contribution in [2.45, 2.75) is 45.1 Å². The van der Waals surface area contributed by atoms with E-state index in [0.717, 1.165) is 12.8 Å². The zero-order valence-electron chi connectivity index (χ0n) is 12.4. The first-order valence-corrected chi connectivity index (χ1v) is 7.68. The summed E-state index contributed by atoms with van der Waals surface area (Å²) in [6, 6.07) is 19.5. The molecule has 1 nitrogen and oxygen atoms in total. The van der Waals surface area contributed by atoms with Gasteiger partial charge in [-0.1, -0.05) is 67.9 Å². The van der Waals surface area contributed by atoms with E-state index >= 15 is 0 Å². The van der Waals surface area contributed by atoms with Crippen LogP contribution in [-0.2, 0) is 12.8 Å². The van der Waals surface area contributed by atoms with Crippen LogP contribution in [0.25, 0.3) is 0 Å². The van der Waals surface area contributed by atoms with Crippen LogP contribution in [0.5, 0.6) is 0 Å². The van der Waals surface area contributed by atoms with E-state index in [4.69, 9.17) is 5.73 Å². The highest BCUT2D eigenvalue weighted by Gasteiger charge is 2.06. The molecule has 2 aromatic rings. The minimum atomic E-state index is 0.135. The van der Waals surface area contributed by atoms with Gasteiger partial charge in [-0.15, -0.1) is 0 Å². The molecule has 0 spiro atoms. The Morgan fingerprint density at radius 3 is 2.15 bits per heavy atom. The van der Waals surface area contributed by atoms with Crippen molar-refractivity contribution in [2.75, 3.05) is 0 Å². The van der Waals surface area contributed by atoms with E-state index in [0.29, 0.717) is 0 Å². The van der Waals surface area contributed by atoms with Crippen molar-refractivity contribution in [3.8, 4) is 0 Å². The molecule has 0 aliphatic rings. The van der Waals surface area contributed by atoms with E-state index in [2.05, 4.69) is 61.5 Å². The van der Waals surface area contributed by atoms with Gasteiger partial charge in [0.15, 0.2) is 0 Å². The molecule has 0 aliphatic carbocycles. The van der Waals surface area contributed by atoms with Gasteiger partial charge in [-0.3, -0.25) is 0 Å².